The second-order valence-corrected chi connectivity index (χ2v) is 4.83. The molecule has 2 aromatic carbocycles. The van der Waals surface area contributed by atoms with Crippen molar-refractivity contribution in [2.24, 2.45) is 0 Å². The third kappa shape index (κ3) is 3.80. The molecule has 0 fully saturated rings. The van der Waals surface area contributed by atoms with Crippen molar-refractivity contribution in [2.45, 2.75) is 0 Å². The molecule has 4 aromatic rings. The molecule has 0 aliphatic carbocycles. The molecule has 0 unspecified atom stereocenters. The fourth-order valence-electron chi connectivity index (χ4n) is 2.05. The van der Waals surface area contributed by atoms with Crippen LogP contribution in [0.3, 0.4) is 0 Å². The molecule has 0 spiro atoms. The summed E-state index contributed by atoms with van der Waals surface area (Å²) in [6.07, 6.45) is 5.67. The van der Waals surface area contributed by atoms with Gasteiger partial charge in [-0.05, 0) is 12.1 Å². The summed E-state index contributed by atoms with van der Waals surface area (Å²) in [6, 6.07) is 14.8. The molecule has 0 saturated heterocycles. The maximum Gasteiger partial charge on any atom is 0.288 e. The SMILES string of the molecule is O=c1cncc2ccccc2n1.O=c1cncc2ccccc2n1. The standard InChI is InChI=1S/2C9H6N2O/c2*12-9-6-10-5-7-3-1-2-4-8(7)11-9/h2*1-6H. The molecule has 0 amide bonds. The molecule has 0 atom stereocenters. The van der Waals surface area contributed by atoms with E-state index >= 15 is 0 Å². The van der Waals surface area contributed by atoms with E-state index < -0.39 is 0 Å². The largest absolute Gasteiger partial charge is 0.288 e. The van der Waals surface area contributed by atoms with Crippen molar-refractivity contribution in [1.29, 1.82) is 0 Å². The van der Waals surface area contributed by atoms with Gasteiger partial charge in [-0.2, -0.15) is 0 Å². The van der Waals surface area contributed by atoms with Gasteiger partial charge >= 0.3 is 0 Å². The Labute approximate surface area is 136 Å². The lowest BCUT2D eigenvalue weighted by molar-refractivity contribution is 1.26. The summed E-state index contributed by atoms with van der Waals surface area (Å²) in [5, 5.41) is 1.75. The maximum absolute atomic E-state index is 10.9. The quantitative estimate of drug-likeness (QED) is 0.493. The summed E-state index contributed by atoms with van der Waals surface area (Å²) in [5.41, 5.74) is 0.743. The van der Waals surface area contributed by atoms with Crippen molar-refractivity contribution in [3.8, 4) is 0 Å². The van der Waals surface area contributed by atoms with E-state index in [2.05, 4.69) is 19.9 Å². The van der Waals surface area contributed by atoms with Crippen molar-refractivity contribution >= 4 is 21.8 Å². The molecule has 6 heteroatoms. The summed E-state index contributed by atoms with van der Waals surface area (Å²) < 4.78 is 0. The highest BCUT2D eigenvalue weighted by Gasteiger charge is 1.91. The monoisotopic (exact) mass is 316 g/mol. The molecular formula is C18H12N4O2. The van der Waals surface area contributed by atoms with Crippen molar-refractivity contribution < 1.29 is 0 Å². The van der Waals surface area contributed by atoms with Crippen LogP contribution in [0.1, 0.15) is 0 Å². The molecule has 0 aliphatic rings. The third-order valence-corrected chi connectivity index (χ3v) is 3.13. The van der Waals surface area contributed by atoms with Crippen molar-refractivity contribution in [1.82, 2.24) is 19.9 Å². The Morgan fingerprint density at radius 1 is 0.542 bits per heavy atom. The van der Waals surface area contributed by atoms with Gasteiger partial charge in [0.2, 0.25) is 0 Å². The topological polar surface area (TPSA) is 85.7 Å². The van der Waals surface area contributed by atoms with Crippen LogP contribution in [0.25, 0.3) is 21.8 Å². The number of para-hydroxylation sites is 2. The van der Waals surface area contributed by atoms with Gasteiger partial charge in [0, 0.05) is 23.2 Å². The summed E-state index contributed by atoms with van der Waals surface area (Å²) >= 11 is 0. The summed E-state index contributed by atoms with van der Waals surface area (Å²) in [4.78, 5) is 37.1. The lowest BCUT2D eigenvalue weighted by atomic mass is 10.2. The van der Waals surface area contributed by atoms with Crippen LogP contribution in [0.15, 0.2) is 82.9 Å². The first-order valence-corrected chi connectivity index (χ1v) is 7.14. The molecule has 4 rings (SSSR count). The van der Waals surface area contributed by atoms with Crippen LogP contribution in [0, 0.1) is 0 Å². The molecule has 24 heavy (non-hydrogen) atoms. The van der Waals surface area contributed by atoms with Crippen molar-refractivity contribution in [3.63, 3.8) is 0 Å². The smallest absolute Gasteiger partial charge is 0.266 e. The minimum Gasteiger partial charge on any atom is -0.266 e. The number of hydrogen-bond acceptors (Lipinski definition) is 6. The average Bonchev–Trinajstić information content (AvgIpc) is 2.89. The minimum atomic E-state index is -0.309. The van der Waals surface area contributed by atoms with E-state index in [1.807, 2.05) is 36.4 Å². The van der Waals surface area contributed by atoms with Gasteiger partial charge in [0.05, 0.1) is 23.4 Å². The van der Waals surface area contributed by atoms with Crippen LogP contribution < -0.4 is 11.1 Å². The second-order valence-electron chi connectivity index (χ2n) is 4.83. The number of hydrogen-bond donors (Lipinski definition) is 0. The Morgan fingerprint density at radius 2 is 0.958 bits per heavy atom. The highest BCUT2D eigenvalue weighted by atomic mass is 16.1. The van der Waals surface area contributed by atoms with Crippen LogP contribution in [-0.4, -0.2) is 19.9 Å². The van der Waals surface area contributed by atoms with Gasteiger partial charge in [-0.25, -0.2) is 9.97 Å². The lowest BCUT2D eigenvalue weighted by Gasteiger charge is -1.85. The predicted octanol–water partition coefficient (Wildman–Crippen LogP) is 1.98. The molecular weight excluding hydrogens is 304 g/mol. The zero-order chi connectivity index (χ0) is 16.8. The molecule has 0 saturated carbocycles. The number of nitrogens with zero attached hydrogens (tertiary/aromatic N) is 4. The number of aromatic nitrogens is 4. The van der Waals surface area contributed by atoms with Crippen LogP contribution in [0.5, 0.6) is 0 Å². The maximum atomic E-state index is 10.9. The molecule has 0 aliphatic heterocycles. The van der Waals surface area contributed by atoms with Crippen LogP contribution >= 0.6 is 0 Å². The molecule has 2 heterocycles. The normalized spacial score (nSPS) is 10.0. The van der Waals surface area contributed by atoms with E-state index in [9.17, 15) is 9.59 Å². The van der Waals surface area contributed by atoms with Gasteiger partial charge in [-0.3, -0.25) is 19.6 Å². The van der Waals surface area contributed by atoms with E-state index in [1.54, 1.807) is 24.5 Å². The number of benzene rings is 2. The first-order valence-electron chi connectivity index (χ1n) is 7.14. The van der Waals surface area contributed by atoms with E-state index in [-0.39, 0.29) is 11.1 Å². The molecule has 116 valence electrons. The van der Waals surface area contributed by atoms with Gasteiger partial charge in [-0.15, -0.1) is 0 Å². The molecule has 0 bridgehead atoms. The van der Waals surface area contributed by atoms with Gasteiger partial charge in [0.25, 0.3) is 11.1 Å². The lowest BCUT2D eigenvalue weighted by Crippen LogP contribution is -1.98. The van der Waals surface area contributed by atoms with Gasteiger partial charge in [-0.1, -0.05) is 36.4 Å². The van der Waals surface area contributed by atoms with Crippen molar-refractivity contribution in [2.75, 3.05) is 0 Å². The minimum absolute atomic E-state index is 0.309. The second kappa shape index (κ2) is 7.15. The Balaban J connectivity index is 0.000000141. The number of fused-ring (bicyclic) bond motifs is 2. The van der Waals surface area contributed by atoms with Gasteiger partial charge in [0.15, 0.2) is 0 Å². The first-order chi connectivity index (χ1) is 11.7. The Morgan fingerprint density at radius 3 is 1.42 bits per heavy atom. The highest BCUT2D eigenvalue weighted by molar-refractivity contribution is 5.77. The molecule has 6 nitrogen and oxygen atoms in total. The Bertz CT molecular complexity index is 1030. The molecule has 0 radical (unpaired) electrons. The highest BCUT2D eigenvalue weighted by Crippen LogP contribution is 2.05. The zero-order valence-electron chi connectivity index (χ0n) is 12.5. The third-order valence-electron chi connectivity index (χ3n) is 3.13. The fourth-order valence-corrected chi connectivity index (χ4v) is 2.05. The van der Waals surface area contributed by atoms with Gasteiger partial charge in [0.1, 0.15) is 0 Å². The zero-order valence-corrected chi connectivity index (χ0v) is 12.5. The van der Waals surface area contributed by atoms with E-state index in [1.165, 1.54) is 12.4 Å². The van der Waals surface area contributed by atoms with E-state index in [0.717, 1.165) is 10.8 Å². The number of rotatable bonds is 0. The van der Waals surface area contributed by atoms with Gasteiger partial charge < -0.3 is 0 Å². The Hall–Kier alpha value is -3.54. The summed E-state index contributed by atoms with van der Waals surface area (Å²) in [5.74, 6) is 0. The molecule has 0 N–H and O–H groups in total. The van der Waals surface area contributed by atoms with E-state index in [0.29, 0.717) is 11.0 Å². The summed E-state index contributed by atoms with van der Waals surface area (Å²) in [7, 11) is 0. The van der Waals surface area contributed by atoms with Crippen LogP contribution in [0.2, 0.25) is 0 Å². The van der Waals surface area contributed by atoms with E-state index in [4.69, 9.17) is 0 Å². The molecule has 2 aromatic heterocycles. The summed E-state index contributed by atoms with van der Waals surface area (Å²) in [6.45, 7) is 0. The first kappa shape index (κ1) is 15.4. The fraction of sp³-hybridized carbons (Fsp3) is 0. The van der Waals surface area contributed by atoms with Crippen molar-refractivity contribution in [3.05, 3.63) is 94.0 Å². The Kier molecular flexibility index (Phi) is 4.57. The predicted molar refractivity (Wildman–Crippen MR) is 91.6 cm³/mol. The van der Waals surface area contributed by atoms with Crippen LogP contribution in [-0.2, 0) is 0 Å². The average molecular weight is 316 g/mol. The van der Waals surface area contributed by atoms with Crippen LogP contribution in [0.4, 0.5) is 0 Å².